The van der Waals surface area contributed by atoms with Crippen molar-refractivity contribution in [2.75, 3.05) is 13.1 Å². The first kappa shape index (κ1) is 15.7. The number of hydrogen-bond donors (Lipinski definition) is 2. The molecule has 1 aliphatic heterocycles. The van der Waals surface area contributed by atoms with Gasteiger partial charge in [-0.1, -0.05) is 60.7 Å². The molecule has 1 heterocycles. The van der Waals surface area contributed by atoms with E-state index < -0.39 is 12.2 Å². The SMILES string of the molecule is O=C(OC(c1ccccc1)c1ccccc1)C1CNCC(O)C1. The van der Waals surface area contributed by atoms with Crippen LogP contribution in [0.2, 0.25) is 0 Å². The van der Waals surface area contributed by atoms with Crippen LogP contribution in [0.1, 0.15) is 23.7 Å². The highest BCUT2D eigenvalue weighted by Gasteiger charge is 2.29. The summed E-state index contributed by atoms with van der Waals surface area (Å²) in [6.45, 7) is 1.08. The Bertz CT molecular complexity index is 590. The van der Waals surface area contributed by atoms with Crippen LogP contribution in [0.25, 0.3) is 0 Å². The van der Waals surface area contributed by atoms with Crippen LogP contribution >= 0.6 is 0 Å². The Balaban J connectivity index is 1.80. The third-order valence-corrected chi connectivity index (χ3v) is 4.10. The molecule has 2 atom stereocenters. The zero-order valence-electron chi connectivity index (χ0n) is 12.9. The normalized spacial score (nSPS) is 21.1. The van der Waals surface area contributed by atoms with Crippen LogP contribution in [0.5, 0.6) is 0 Å². The lowest BCUT2D eigenvalue weighted by Crippen LogP contribution is -2.43. The number of β-amino-alcohol motifs (C(OH)–C–C–N with tert-alkyl or cyclic N) is 1. The number of aliphatic hydroxyl groups excluding tert-OH is 1. The number of piperidine rings is 1. The summed E-state index contributed by atoms with van der Waals surface area (Å²) in [6.07, 6.45) is -0.473. The molecule has 0 aliphatic carbocycles. The number of rotatable bonds is 4. The summed E-state index contributed by atoms with van der Waals surface area (Å²) in [6, 6.07) is 19.4. The number of aliphatic hydroxyl groups is 1. The highest BCUT2D eigenvalue weighted by molar-refractivity contribution is 5.73. The third kappa shape index (κ3) is 3.97. The van der Waals surface area contributed by atoms with E-state index in [0.717, 1.165) is 11.1 Å². The molecular formula is C19H21NO3. The van der Waals surface area contributed by atoms with Gasteiger partial charge < -0.3 is 15.2 Å². The fourth-order valence-electron chi connectivity index (χ4n) is 2.90. The molecule has 0 spiro atoms. The van der Waals surface area contributed by atoms with Gasteiger partial charge in [0.1, 0.15) is 0 Å². The largest absolute Gasteiger partial charge is 0.452 e. The smallest absolute Gasteiger partial charge is 0.311 e. The summed E-state index contributed by atoms with van der Waals surface area (Å²) in [7, 11) is 0. The van der Waals surface area contributed by atoms with E-state index in [2.05, 4.69) is 5.32 Å². The molecule has 2 aromatic rings. The number of esters is 1. The van der Waals surface area contributed by atoms with E-state index in [0.29, 0.717) is 19.5 Å². The van der Waals surface area contributed by atoms with Gasteiger partial charge in [0.15, 0.2) is 6.10 Å². The molecule has 0 saturated carbocycles. The Morgan fingerprint density at radius 2 is 1.57 bits per heavy atom. The predicted octanol–water partition coefficient (Wildman–Crippen LogP) is 2.29. The summed E-state index contributed by atoms with van der Waals surface area (Å²) in [5.41, 5.74) is 1.88. The van der Waals surface area contributed by atoms with Crippen LogP contribution in [0, 0.1) is 5.92 Å². The second-order valence-electron chi connectivity index (χ2n) is 5.88. The van der Waals surface area contributed by atoms with Crippen molar-refractivity contribution in [2.24, 2.45) is 5.92 Å². The molecule has 1 saturated heterocycles. The molecule has 1 aliphatic rings. The van der Waals surface area contributed by atoms with E-state index >= 15 is 0 Å². The first-order valence-corrected chi connectivity index (χ1v) is 7.93. The maximum Gasteiger partial charge on any atom is 0.311 e. The Morgan fingerprint density at radius 1 is 1.00 bits per heavy atom. The van der Waals surface area contributed by atoms with Gasteiger partial charge in [-0.2, -0.15) is 0 Å². The first-order chi connectivity index (χ1) is 11.2. The molecule has 2 unspecified atom stereocenters. The maximum atomic E-state index is 12.5. The van der Waals surface area contributed by atoms with Gasteiger partial charge in [0, 0.05) is 13.1 Å². The van der Waals surface area contributed by atoms with Gasteiger partial charge >= 0.3 is 5.97 Å². The third-order valence-electron chi connectivity index (χ3n) is 4.10. The average Bonchev–Trinajstić information content (AvgIpc) is 2.61. The second-order valence-corrected chi connectivity index (χ2v) is 5.88. The fraction of sp³-hybridized carbons (Fsp3) is 0.316. The predicted molar refractivity (Wildman–Crippen MR) is 87.8 cm³/mol. The molecule has 0 radical (unpaired) electrons. The van der Waals surface area contributed by atoms with Crippen LogP contribution in [0.15, 0.2) is 60.7 Å². The number of carbonyl (C=O) groups is 1. The van der Waals surface area contributed by atoms with Crippen LogP contribution in [0.3, 0.4) is 0 Å². The van der Waals surface area contributed by atoms with Crippen molar-refractivity contribution in [1.82, 2.24) is 5.32 Å². The van der Waals surface area contributed by atoms with E-state index in [-0.39, 0.29) is 11.9 Å². The standard InChI is InChI=1S/C19H21NO3/c21-17-11-16(12-20-13-17)19(22)23-18(14-7-3-1-4-8-14)15-9-5-2-6-10-15/h1-10,16-18,20-21H,11-13H2. The molecule has 4 heteroatoms. The van der Waals surface area contributed by atoms with E-state index in [1.165, 1.54) is 0 Å². The zero-order chi connectivity index (χ0) is 16.1. The van der Waals surface area contributed by atoms with Crippen LogP contribution in [-0.4, -0.2) is 30.3 Å². The fourth-order valence-corrected chi connectivity index (χ4v) is 2.90. The first-order valence-electron chi connectivity index (χ1n) is 7.93. The quantitative estimate of drug-likeness (QED) is 0.851. The highest BCUT2D eigenvalue weighted by atomic mass is 16.5. The molecule has 3 rings (SSSR count). The van der Waals surface area contributed by atoms with E-state index in [4.69, 9.17) is 4.74 Å². The van der Waals surface area contributed by atoms with Gasteiger partial charge in [-0.05, 0) is 17.5 Å². The number of nitrogens with one attached hydrogen (secondary N) is 1. The monoisotopic (exact) mass is 311 g/mol. The Kier molecular flexibility index (Phi) is 5.05. The molecular weight excluding hydrogens is 290 g/mol. The van der Waals surface area contributed by atoms with Crippen LogP contribution < -0.4 is 5.32 Å². The summed E-state index contributed by atoms with van der Waals surface area (Å²) in [5.74, 6) is -0.581. The molecule has 2 aromatic carbocycles. The van der Waals surface area contributed by atoms with Crippen molar-refractivity contribution in [3.63, 3.8) is 0 Å². The molecule has 0 bridgehead atoms. The molecule has 0 aromatic heterocycles. The van der Waals surface area contributed by atoms with Gasteiger partial charge in [-0.3, -0.25) is 4.79 Å². The summed E-state index contributed by atoms with van der Waals surface area (Å²) < 4.78 is 5.82. The summed E-state index contributed by atoms with van der Waals surface area (Å²) in [5, 5.41) is 12.8. The maximum absolute atomic E-state index is 12.5. The van der Waals surface area contributed by atoms with Crippen molar-refractivity contribution in [2.45, 2.75) is 18.6 Å². The van der Waals surface area contributed by atoms with Crippen molar-refractivity contribution in [1.29, 1.82) is 0 Å². The van der Waals surface area contributed by atoms with Gasteiger partial charge in [0.25, 0.3) is 0 Å². The number of ether oxygens (including phenoxy) is 1. The van der Waals surface area contributed by atoms with E-state index in [1.807, 2.05) is 60.7 Å². The lowest BCUT2D eigenvalue weighted by molar-refractivity contribution is -0.154. The van der Waals surface area contributed by atoms with Crippen molar-refractivity contribution < 1.29 is 14.6 Å². The van der Waals surface area contributed by atoms with Crippen LogP contribution in [0.4, 0.5) is 0 Å². The number of hydrogen-bond acceptors (Lipinski definition) is 4. The lowest BCUT2D eigenvalue weighted by Gasteiger charge is -2.27. The zero-order valence-corrected chi connectivity index (χ0v) is 12.9. The van der Waals surface area contributed by atoms with E-state index in [9.17, 15) is 9.90 Å². The van der Waals surface area contributed by atoms with Gasteiger partial charge in [0.2, 0.25) is 0 Å². The lowest BCUT2D eigenvalue weighted by atomic mass is 9.97. The minimum absolute atomic E-state index is 0.269. The van der Waals surface area contributed by atoms with Crippen molar-refractivity contribution >= 4 is 5.97 Å². The van der Waals surface area contributed by atoms with Gasteiger partial charge in [-0.25, -0.2) is 0 Å². The molecule has 1 fully saturated rings. The van der Waals surface area contributed by atoms with Crippen molar-refractivity contribution in [3.8, 4) is 0 Å². The number of benzene rings is 2. The van der Waals surface area contributed by atoms with Gasteiger partial charge in [-0.15, -0.1) is 0 Å². The number of carbonyl (C=O) groups excluding carboxylic acids is 1. The summed E-state index contributed by atoms with van der Waals surface area (Å²) >= 11 is 0. The Morgan fingerprint density at radius 3 is 2.09 bits per heavy atom. The average molecular weight is 311 g/mol. The summed E-state index contributed by atoms with van der Waals surface area (Å²) in [4.78, 5) is 12.5. The minimum Gasteiger partial charge on any atom is -0.452 e. The minimum atomic E-state index is -0.492. The molecule has 2 N–H and O–H groups in total. The molecule has 120 valence electrons. The second kappa shape index (κ2) is 7.40. The topological polar surface area (TPSA) is 58.6 Å². The van der Waals surface area contributed by atoms with E-state index in [1.54, 1.807) is 0 Å². The highest BCUT2D eigenvalue weighted by Crippen LogP contribution is 2.27. The van der Waals surface area contributed by atoms with Crippen molar-refractivity contribution in [3.05, 3.63) is 71.8 Å². The molecule has 23 heavy (non-hydrogen) atoms. The Hall–Kier alpha value is -2.17. The molecule has 0 amide bonds. The Labute approximate surface area is 136 Å². The van der Waals surface area contributed by atoms with Gasteiger partial charge in [0.05, 0.1) is 12.0 Å². The van der Waals surface area contributed by atoms with Crippen LogP contribution in [-0.2, 0) is 9.53 Å². The molecule has 4 nitrogen and oxygen atoms in total.